The highest BCUT2D eigenvalue weighted by molar-refractivity contribution is 6.04. The number of aromatic nitrogens is 1. The van der Waals surface area contributed by atoms with E-state index in [-0.39, 0.29) is 17.6 Å². The standard InChI is InChI=1S/C24H31N3O2/c1-17-22(20(4)28)18(2)25-23(17)24(29)19(3)27-15-13-26(14-16-27)12-8-11-21-9-6-5-7-10-21/h5-11,19,25H,12-16H2,1-4H3/p+2/b11-8+/t19-/m1/s1. The number of H-pyrrole nitrogens is 1. The minimum atomic E-state index is -0.104. The minimum absolute atomic E-state index is 0.0103. The predicted octanol–water partition coefficient (Wildman–Crippen LogP) is 0.902. The van der Waals surface area contributed by atoms with Crippen molar-refractivity contribution < 1.29 is 19.4 Å². The molecule has 154 valence electrons. The number of piperazine rings is 1. The Morgan fingerprint density at radius 3 is 2.34 bits per heavy atom. The Hall–Kier alpha value is -2.50. The molecule has 3 N–H and O–H groups in total. The molecule has 5 nitrogen and oxygen atoms in total. The molecule has 1 aliphatic heterocycles. The van der Waals surface area contributed by atoms with Gasteiger partial charge in [0.2, 0.25) is 5.78 Å². The number of hydrogen-bond donors (Lipinski definition) is 3. The fraction of sp³-hybridized carbons (Fsp3) is 0.417. The topological polar surface area (TPSA) is 58.8 Å². The van der Waals surface area contributed by atoms with Crippen LogP contribution in [0.25, 0.3) is 6.08 Å². The molecule has 3 rings (SSSR count). The van der Waals surface area contributed by atoms with Gasteiger partial charge in [0.25, 0.3) is 0 Å². The molecule has 1 aliphatic rings. The minimum Gasteiger partial charge on any atom is -0.355 e. The van der Waals surface area contributed by atoms with Crippen LogP contribution in [0.3, 0.4) is 0 Å². The number of rotatable bonds is 7. The summed E-state index contributed by atoms with van der Waals surface area (Å²) in [6.45, 7) is 12.4. The summed E-state index contributed by atoms with van der Waals surface area (Å²) in [5, 5.41) is 0. The van der Waals surface area contributed by atoms with Gasteiger partial charge in [-0.25, -0.2) is 0 Å². The molecule has 0 unspecified atom stereocenters. The van der Waals surface area contributed by atoms with Gasteiger partial charge in [-0.05, 0) is 44.9 Å². The van der Waals surface area contributed by atoms with Gasteiger partial charge in [0.1, 0.15) is 26.2 Å². The van der Waals surface area contributed by atoms with E-state index in [9.17, 15) is 9.59 Å². The van der Waals surface area contributed by atoms with Gasteiger partial charge in [0, 0.05) is 11.3 Å². The SMILES string of the molecule is CC(=O)c1c(C)[nH]c(C(=O)[C@@H](C)[NH+]2CC[NH+](C/C=C/c3ccccc3)CC2)c1C. The number of quaternary nitrogens is 2. The molecule has 29 heavy (non-hydrogen) atoms. The highest BCUT2D eigenvalue weighted by Gasteiger charge is 2.33. The second-order valence-electron chi connectivity index (χ2n) is 8.19. The number of Topliss-reactive ketones (excluding diaryl/α,β-unsaturated/α-hetero) is 2. The van der Waals surface area contributed by atoms with Crippen LogP contribution in [-0.4, -0.2) is 55.3 Å². The van der Waals surface area contributed by atoms with Crippen LogP contribution in [0, 0.1) is 13.8 Å². The first-order valence-corrected chi connectivity index (χ1v) is 10.5. The molecule has 1 aromatic heterocycles. The fourth-order valence-corrected chi connectivity index (χ4v) is 4.41. The smallest absolute Gasteiger partial charge is 0.235 e. The van der Waals surface area contributed by atoms with E-state index in [1.54, 1.807) is 11.8 Å². The van der Waals surface area contributed by atoms with Gasteiger partial charge in [-0.1, -0.05) is 36.4 Å². The number of ketones is 2. The first kappa shape index (κ1) is 21.2. The third kappa shape index (κ3) is 4.92. The molecule has 1 atom stereocenters. The van der Waals surface area contributed by atoms with Crippen LogP contribution in [0.15, 0.2) is 36.4 Å². The Morgan fingerprint density at radius 2 is 1.76 bits per heavy atom. The second-order valence-corrected chi connectivity index (χ2v) is 8.19. The van der Waals surface area contributed by atoms with Crippen molar-refractivity contribution in [2.45, 2.75) is 33.7 Å². The monoisotopic (exact) mass is 395 g/mol. The lowest BCUT2D eigenvalue weighted by Crippen LogP contribution is -3.29. The molecule has 1 aromatic carbocycles. The molecule has 0 bridgehead atoms. The Morgan fingerprint density at radius 1 is 1.10 bits per heavy atom. The van der Waals surface area contributed by atoms with E-state index in [1.807, 2.05) is 26.8 Å². The molecular formula is C24H33N3O2+2. The van der Waals surface area contributed by atoms with E-state index < -0.39 is 0 Å². The zero-order valence-corrected chi connectivity index (χ0v) is 18.0. The van der Waals surface area contributed by atoms with Crippen molar-refractivity contribution in [3.8, 4) is 0 Å². The van der Waals surface area contributed by atoms with Crippen LogP contribution in [0.5, 0.6) is 0 Å². The Kier molecular flexibility index (Phi) is 6.83. The van der Waals surface area contributed by atoms with E-state index >= 15 is 0 Å². The first-order valence-electron chi connectivity index (χ1n) is 10.5. The number of hydrogen-bond acceptors (Lipinski definition) is 2. The van der Waals surface area contributed by atoms with Gasteiger partial charge in [-0.3, -0.25) is 9.59 Å². The normalized spacial score (nSPS) is 20.7. The van der Waals surface area contributed by atoms with Crippen molar-refractivity contribution in [2.75, 3.05) is 32.7 Å². The highest BCUT2D eigenvalue weighted by Crippen LogP contribution is 2.19. The van der Waals surface area contributed by atoms with Crippen molar-refractivity contribution in [1.82, 2.24) is 4.98 Å². The molecule has 0 spiro atoms. The summed E-state index contributed by atoms with van der Waals surface area (Å²) >= 11 is 0. The van der Waals surface area contributed by atoms with E-state index in [0.29, 0.717) is 11.3 Å². The quantitative estimate of drug-likeness (QED) is 0.610. The second kappa shape index (κ2) is 9.33. The number of aromatic amines is 1. The molecule has 5 heteroatoms. The number of carbonyl (C=O) groups excluding carboxylic acids is 2. The van der Waals surface area contributed by atoms with E-state index in [1.165, 1.54) is 10.5 Å². The maximum atomic E-state index is 13.1. The largest absolute Gasteiger partial charge is 0.355 e. The molecule has 2 heterocycles. The predicted molar refractivity (Wildman–Crippen MR) is 116 cm³/mol. The lowest BCUT2D eigenvalue weighted by Gasteiger charge is -2.32. The zero-order valence-electron chi connectivity index (χ0n) is 18.0. The van der Waals surface area contributed by atoms with Crippen LogP contribution < -0.4 is 9.80 Å². The fourth-order valence-electron chi connectivity index (χ4n) is 4.41. The van der Waals surface area contributed by atoms with Gasteiger partial charge in [0.15, 0.2) is 11.8 Å². The summed E-state index contributed by atoms with van der Waals surface area (Å²) in [5.41, 5.74) is 4.08. The Labute approximate surface area is 173 Å². The van der Waals surface area contributed by atoms with E-state index in [0.717, 1.165) is 44.0 Å². The molecule has 0 amide bonds. The van der Waals surface area contributed by atoms with Crippen molar-refractivity contribution >= 4 is 17.6 Å². The number of aryl methyl sites for hydroxylation is 1. The van der Waals surface area contributed by atoms with Crippen LogP contribution in [-0.2, 0) is 0 Å². The highest BCUT2D eigenvalue weighted by atomic mass is 16.1. The van der Waals surface area contributed by atoms with Crippen molar-refractivity contribution in [3.05, 3.63) is 64.5 Å². The van der Waals surface area contributed by atoms with Gasteiger partial charge in [-0.15, -0.1) is 0 Å². The number of nitrogens with one attached hydrogen (secondary N) is 3. The van der Waals surface area contributed by atoms with Crippen molar-refractivity contribution in [2.24, 2.45) is 0 Å². The zero-order chi connectivity index (χ0) is 21.0. The number of benzene rings is 1. The summed E-state index contributed by atoms with van der Waals surface area (Å²) in [6.07, 6.45) is 4.43. The lowest BCUT2D eigenvalue weighted by molar-refractivity contribution is -1.02. The Balaban J connectivity index is 1.55. The van der Waals surface area contributed by atoms with Crippen LogP contribution in [0.1, 0.15) is 51.5 Å². The Bertz CT molecular complexity index is 890. The maximum Gasteiger partial charge on any atom is 0.235 e. The van der Waals surface area contributed by atoms with Gasteiger partial charge in [0.05, 0.1) is 12.2 Å². The summed E-state index contributed by atoms with van der Waals surface area (Å²) in [7, 11) is 0. The van der Waals surface area contributed by atoms with Crippen LogP contribution >= 0.6 is 0 Å². The van der Waals surface area contributed by atoms with Crippen molar-refractivity contribution in [3.63, 3.8) is 0 Å². The third-order valence-electron chi connectivity index (χ3n) is 6.16. The van der Waals surface area contributed by atoms with E-state index in [4.69, 9.17) is 0 Å². The van der Waals surface area contributed by atoms with Crippen LogP contribution in [0.2, 0.25) is 0 Å². The summed E-state index contributed by atoms with van der Waals surface area (Å²) < 4.78 is 0. The molecule has 0 aliphatic carbocycles. The average Bonchev–Trinajstić information content (AvgIpc) is 3.02. The summed E-state index contributed by atoms with van der Waals surface area (Å²) in [5.74, 6) is 0.122. The molecule has 2 aromatic rings. The number of carbonyl (C=O) groups is 2. The molecular weight excluding hydrogens is 362 g/mol. The maximum absolute atomic E-state index is 13.1. The summed E-state index contributed by atoms with van der Waals surface area (Å²) in [6, 6.07) is 10.3. The molecule has 0 radical (unpaired) electrons. The molecule has 1 fully saturated rings. The lowest BCUT2D eigenvalue weighted by atomic mass is 10.0. The van der Waals surface area contributed by atoms with Crippen molar-refractivity contribution in [1.29, 1.82) is 0 Å². The summed E-state index contributed by atoms with van der Waals surface area (Å²) in [4.78, 5) is 31.0. The van der Waals surface area contributed by atoms with E-state index in [2.05, 4.69) is 41.4 Å². The van der Waals surface area contributed by atoms with Gasteiger partial charge < -0.3 is 14.8 Å². The first-order chi connectivity index (χ1) is 13.9. The third-order valence-corrected chi connectivity index (χ3v) is 6.16. The van der Waals surface area contributed by atoms with Crippen LogP contribution in [0.4, 0.5) is 0 Å². The van der Waals surface area contributed by atoms with Gasteiger partial charge in [-0.2, -0.15) is 0 Å². The average molecular weight is 396 g/mol. The molecule has 0 saturated carbocycles. The molecule has 1 saturated heterocycles. The van der Waals surface area contributed by atoms with Gasteiger partial charge >= 0.3 is 0 Å².